The van der Waals surface area contributed by atoms with Gasteiger partial charge in [0.2, 0.25) is 0 Å². The van der Waals surface area contributed by atoms with Gasteiger partial charge in [-0.15, -0.1) is 11.3 Å². The van der Waals surface area contributed by atoms with E-state index in [2.05, 4.69) is 0 Å². The molecule has 0 saturated carbocycles. The van der Waals surface area contributed by atoms with Crippen molar-refractivity contribution in [3.8, 4) is 5.75 Å². The Morgan fingerprint density at radius 2 is 2.21 bits per heavy atom. The number of aliphatic hydroxyl groups is 1. The Kier molecular flexibility index (Phi) is 3.00. The van der Waals surface area contributed by atoms with Crippen LogP contribution in [0.15, 0.2) is 40.1 Å². The van der Waals surface area contributed by atoms with Gasteiger partial charge in [0.1, 0.15) is 17.6 Å². The highest BCUT2D eigenvalue weighted by Crippen LogP contribution is 2.34. The lowest BCUT2D eigenvalue weighted by Crippen LogP contribution is -1.94. The number of methoxy groups -OCH3 is 1. The fourth-order valence-electron chi connectivity index (χ4n) is 1.91. The zero-order chi connectivity index (χ0) is 13.4. The first kappa shape index (κ1) is 12.2. The maximum atomic E-state index is 13.5. The van der Waals surface area contributed by atoms with E-state index in [1.807, 2.05) is 0 Å². The number of furan rings is 1. The fraction of sp³-hybridized carbons (Fsp3) is 0.143. The number of ether oxygens (including phenoxy) is 1. The van der Waals surface area contributed by atoms with E-state index in [0.717, 1.165) is 0 Å². The SMILES string of the molecule is COc1csc(C(O)c2cc3cccc(F)c3o2)c1. The largest absolute Gasteiger partial charge is 0.496 e. The van der Waals surface area contributed by atoms with Crippen LogP contribution in [0.4, 0.5) is 4.39 Å². The second-order valence-electron chi connectivity index (χ2n) is 4.10. The van der Waals surface area contributed by atoms with Crippen LogP contribution in [0.5, 0.6) is 5.75 Å². The number of benzene rings is 1. The third-order valence-electron chi connectivity index (χ3n) is 2.89. The van der Waals surface area contributed by atoms with Gasteiger partial charge in [-0.2, -0.15) is 0 Å². The van der Waals surface area contributed by atoms with Gasteiger partial charge in [-0.1, -0.05) is 12.1 Å². The first-order valence-corrected chi connectivity index (χ1v) is 6.55. The smallest absolute Gasteiger partial charge is 0.170 e. The van der Waals surface area contributed by atoms with Crippen molar-refractivity contribution in [3.05, 3.63) is 52.2 Å². The van der Waals surface area contributed by atoms with Crippen LogP contribution in [0, 0.1) is 5.82 Å². The number of para-hydroxylation sites is 1. The number of hydrogen-bond acceptors (Lipinski definition) is 4. The van der Waals surface area contributed by atoms with Crippen LogP contribution in [0.25, 0.3) is 11.0 Å². The number of aliphatic hydroxyl groups excluding tert-OH is 1. The zero-order valence-corrected chi connectivity index (χ0v) is 10.9. The van der Waals surface area contributed by atoms with E-state index in [1.165, 1.54) is 17.4 Å². The van der Waals surface area contributed by atoms with Gasteiger partial charge in [-0.25, -0.2) is 4.39 Å². The van der Waals surface area contributed by atoms with E-state index in [4.69, 9.17) is 9.15 Å². The highest BCUT2D eigenvalue weighted by atomic mass is 32.1. The number of hydrogen-bond donors (Lipinski definition) is 1. The second kappa shape index (κ2) is 4.68. The third kappa shape index (κ3) is 2.11. The molecule has 0 aliphatic heterocycles. The van der Waals surface area contributed by atoms with Crippen LogP contribution < -0.4 is 4.74 Å². The Bertz CT molecular complexity index is 716. The molecule has 0 radical (unpaired) electrons. The minimum atomic E-state index is -0.916. The number of thiophene rings is 1. The molecular weight excluding hydrogens is 267 g/mol. The molecule has 2 aromatic heterocycles. The van der Waals surface area contributed by atoms with Crippen molar-refractivity contribution in [1.29, 1.82) is 0 Å². The third-order valence-corrected chi connectivity index (χ3v) is 3.85. The average Bonchev–Trinajstić information content (AvgIpc) is 3.05. The molecule has 1 aromatic carbocycles. The van der Waals surface area contributed by atoms with Gasteiger partial charge in [0.15, 0.2) is 11.4 Å². The number of halogens is 1. The molecule has 1 unspecified atom stereocenters. The maximum Gasteiger partial charge on any atom is 0.170 e. The fourth-order valence-corrected chi connectivity index (χ4v) is 2.75. The van der Waals surface area contributed by atoms with Gasteiger partial charge < -0.3 is 14.3 Å². The van der Waals surface area contributed by atoms with Gasteiger partial charge in [0.25, 0.3) is 0 Å². The molecule has 2 heterocycles. The minimum absolute atomic E-state index is 0.167. The molecule has 0 amide bonds. The summed E-state index contributed by atoms with van der Waals surface area (Å²) in [5.74, 6) is 0.575. The molecule has 5 heteroatoms. The van der Waals surface area contributed by atoms with E-state index in [0.29, 0.717) is 21.8 Å². The molecule has 0 aliphatic rings. The second-order valence-corrected chi connectivity index (χ2v) is 5.04. The number of fused-ring (bicyclic) bond motifs is 1. The van der Waals surface area contributed by atoms with Gasteiger partial charge in [-0.05, 0) is 18.2 Å². The Morgan fingerprint density at radius 1 is 1.37 bits per heavy atom. The van der Waals surface area contributed by atoms with Crippen LogP contribution >= 0.6 is 11.3 Å². The quantitative estimate of drug-likeness (QED) is 0.794. The molecule has 1 atom stereocenters. The van der Waals surface area contributed by atoms with Crippen molar-refractivity contribution < 1.29 is 18.7 Å². The van der Waals surface area contributed by atoms with E-state index in [9.17, 15) is 9.50 Å². The van der Waals surface area contributed by atoms with Gasteiger partial charge >= 0.3 is 0 Å². The van der Waals surface area contributed by atoms with Crippen LogP contribution in [-0.4, -0.2) is 12.2 Å². The first-order valence-electron chi connectivity index (χ1n) is 5.67. The molecule has 0 fully saturated rings. The Morgan fingerprint density at radius 3 is 2.89 bits per heavy atom. The summed E-state index contributed by atoms with van der Waals surface area (Å²) in [6.45, 7) is 0. The topological polar surface area (TPSA) is 42.6 Å². The molecule has 0 bridgehead atoms. The summed E-state index contributed by atoms with van der Waals surface area (Å²) in [6.07, 6.45) is -0.916. The Hall–Kier alpha value is -1.85. The summed E-state index contributed by atoms with van der Waals surface area (Å²) in [7, 11) is 1.56. The van der Waals surface area contributed by atoms with E-state index < -0.39 is 11.9 Å². The molecule has 3 aromatic rings. The highest BCUT2D eigenvalue weighted by molar-refractivity contribution is 7.10. The molecule has 3 nitrogen and oxygen atoms in total. The summed E-state index contributed by atoms with van der Waals surface area (Å²) in [4.78, 5) is 0.691. The van der Waals surface area contributed by atoms with Crippen molar-refractivity contribution in [2.75, 3.05) is 7.11 Å². The Balaban J connectivity index is 2.01. The average molecular weight is 278 g/mol. The molecule has 0 saturated heterocycles. The summed E-state index contributed by atoms with van der Waals surface area (Å²) < 4.78 is 24.0. The highest BCUT2D eigenvalue weighted by Gasteiger charge is 2.19. The number of rotatable bonds is 3. The van der Waals surface area contributed by atoms with Crippen LogP contribution in [0.3, 0.4) is 0 Å². The van der Waals surface area contributed by atoms with Gasteiger partial charge in [0, 0.05) is 15.6 Å². The summed E-state index contributed by atoms with van der Waals surface area (Å²) >= 11 is 1.36. The maximum absolute atomic E-state index is 13.5. The molecule has 19 heavy (non-hydrogen) atoms. The van der Waals surface area contributed by atoms with E-state index >= 15 is 0 Å². The monoisotopic (exact) mass is 278 g/mol. The van der Waals surface area contributed by atoms with Crippen molar-refractivity contribution in [2.45, 2.75) is 6.10 Å². The van der Waals surface area contributed by atoms with Crippen molar-refractivity contribution in [1.82, 2.24) is 0 Å². The zero-order valence-electron chi connectivity index (χ0n) is 10.1. The molecule has 0 spiro atoms. The molecule has 98 valence electrons. The lowest BCUT2D eigenvalue weighted by atomic mass is 10.2. The van der Waals surface area contributed by atoms with E-state index in [-0.39, 0.29) is 5.58 Å². The standard InChI is InChI=1S/C14H11FO3S/c1-17-9-6-12(19-7-9)13(16)11-5-8-3-2-4-10(15)14(8)18-11/h2-7,13,16H,1H3. The Labute approximate surface area is 112 Å². The normalized spacial score (nSPS) is 12.8. The van der Waals surface area contributed by atoms with Crippen molar-refractivity contribution in [2.24, 2.45) is 0 Å². The predicted molar refractivity (Wildman–Crippen MR) is 71.1 cm³/mol. The van der Waals surface area contributed by atoms with Gasteiger partial charge in [-0.3, -0.25) is 0 Å². The van der Waals surface area contributed by atoms with Crippen LogP contribution in [0.2, 0.25) is 0 Å². The predicted octanol–water partition coefficient (Wildman–Crippen LogP) is 3.72. The van der Waals surface area contributed by atoms with Crippen molar-refractivity contribution >= 4 is 22.3 Å². The lowest BCUT2D eigenvalue weighted by Gasteiger charge is -2.03. The first-order chi connectivity index (χ1) is 9.19. The molecule has 0 aliphatic carbocycles. The summed E-state index contributed by atoms with van der Waals surface area (Å²) in [6, 6.07) is 8.06. The van der Waals surface area contributed by atoms with Crippen molar-refractivity contribution in [3.63, 3.8) is 0 Å². The van der Waals surface area contributed by atoms with Gasteiger partial charge in [0.05, 0.1) is 7.11 Å². The summed E-state index contributed by atoms with van der Waals surface area (Å²) in [5, 5.41) is 12.7. The molecular formula is C14H11FO3S. The lowest BCUT2D eigenvalue weighted by molar-refractivity contribution is 0.195. The van der Waals surface area contributed by atoms with E-state index in [1.54, 1.807) is 36.8 Å². The minimum Gasteiger partial charge on any atom is -0.496 e. The molecule has 3 rings (SSSR count). The van der Waals surface area contributed by atoms with Crippen LogP contribution in [-0.2, 0) is 0 Å². The van der Waals surface area contributed by atoms with Crippen LogP contribution in [0.1, 0.15) is 16.7 Å². The summed E-state index contributed by atoms with van der Waals surface area (Å²) in [5.41, 5.74) is 0.167. The molecule has 1 N–H and O–H groups in total.